The molecule has 2 aromatic rings. The fraction of sp³-hybridized carbons (Fsp3) is 0.438. The van der Waals surface area contributed by atoms with E-state index in [1.807, 2.05) is 18.2 Å². The van der Waals surface area contributed by atoms with Crippen LogP contribution in [-0.4, -0.2) is 34.9 Å². The lowest BCUT2D eigenvalue weighted by atomic mass is 10.00. The normalized spacial score (nSPS) is 23.1. The third-order valence-corrected chi connectivity index (χ3v) is 4.58. The molecule has 1 aromatic heterocycles. The monoisotopic (exact) mass is 267 g/mol. The highest BCUT2D eigenvalue weighted by molar-refractivity contribution is 5.97. The minimum absolute atomic E-state index is 0.00993. The molecule has 1 heterocycles. The lowest BCUT2D eigenvalue weighted by molar-refractivity contribution is 0.0828. The van der Waals surface area contributed by atoms with Crippen molar-refractivity contribution < 1.29 is 4.79 Å². The van der Waals surface area contributed by atoms with Gasteiger partial charge in [0.05, 0.1) is 22.4 Å². The first-order valence-corrected chi connectivity index (χ1v) is 7.16. The van der Waals surface area contributed by atoms with Crippen LogP contribution in [0.1, 0.15) is 52.8 Å². The van der Waals surface area contributed by atoms with Crippen molar-refractivity contribution >= 4 is 16.9 Å². The summed E-state index contributed by atoms with van der Waals surface area (Å²) in [6.45, 7) is 0. The molecule has 4 rings (SSSR count). The minimum Gasteiger partial charge on any atom is -0.345 e. The van der Waals surface area contributed by atoms with E-state index in [0.29, 0.717) is 17.4 Å². The molecule has 2 aliphatic rings. The number of hydrogen-bond donors (Lipinski definition) is 0. The Balaban J connectivity index is 1.86. The van der Waals surface area contributed by atoms with Gasteiger partial charge in [0.1, 0.15) is 0 Å². The van der Waals surface area contributed by atoms with Crippen LogP contribution in [0, 0.1) is 0 Å². The van der Waals surface area contributed by atoms with E-state index in [0.717, 1.165) is 11.0 Å². The third kappa shape index (κ3) is 1.57. The number of amides is 1. The molecule has 2 unspecified atom stereocenters. The lowest BCUT2D eigenvalue weighted by Crippen LogP contribution is -2.21. The van der Waals surface area contributed by atoms with Crippen LogP contribution in [0.4, 0.5) is 0 Å². The molecule has 2 atom stereocenters. The summed E-state index contributed by atoms with van der Waals surface area (Å²) in [6, 6.07) is 5.64. The molecule has 4 heteroatoms. The zero-order valence-corrected chi connectivity index (χ0v) is 11.8. The summed E-state index contributed by atoms with van der Waals surface area (Å²) in [7, 11) is 3.53. The Morgan fingerprint density at radius 1 is 1.10 bits per heavy atom. The number of carbonyl (C=O) groups excluding carboxylic acids is 1. The van der Waals surface area contributed by atoms with Crippen LogP contribution in [0.5, 0.6) is 0 Å². The standard InChI is InChI=1S/C16H17N3O/c1-19(2)16(20)11-5-6-12-13(8-11)18-15-10-4-3-9(7-10)14(15)17-12/h5-6,8-10H,3-4,7H2,1-2H3. The molecule has 1 saturated carbocycles. The maximum Gasteiger partial charge on any atom is 0.253 e. The molecule has 1 aromatic carbocycles. The smallest absolute Gasteiger partial charge is 0.253 e. The van der Waals surface area contributed by atoms with Crippen molar-refractivity contribution in [3.8, 4) is 0 Å². The molecule has 102 valence electrons. The number of carbonyl (C=O) groups is 1. The average molecular weight is 267 g/mol. The molecule has 0 saturated heterocycles. The largest absolute Gasteiger partial charge is 0.345 e. The van der Waals surface area contributed by atoms with Gasteiger partial charge in [-0.25, -0.2) is 9.97 Å². The summed E-state index contributed by atoms with van der Waals surface area (Å²) in [6.07, 6.45) is 3.72. The zero-order valence-electron chi connectivity index (χ0n) is 11.8. The van der Waals surface area contributed by atoms with Crippen molar-refractivity contribution in [2.45, 2.75) is 31.1 Å². The van der Waals surface area contributed by atoms with E-state index in [2.05, 4.69) is 0 Å². The lowest BCUT2D eigenvalue weighted by Gasteiger charge is -2.15. The van der Waals surface area contributed by atoms with Crippen LogP contribution in [0.25, 0.3) is 11.0 Å². The van der Waals surface area contributed by atoms with Crippen molar-refractivity contribution in [1.82, 2.24) is 14.9 Å². The van der Waals surface area contributed by atoms with Gasteiger partial charge in [0.2, 0.25) is 0 Å². The van der Waals surface area contributed by atoms with Gasteiger partial charge in [-0.3, -0.25) is 4.79 Å². The Morgan fingerprint density at radius 3 is 2.40 bits per heavy atom. The van der Waals surface area contributed by atoms with E-state index < -0.39 is 0 Å². The Morgan fingerprint density at radius 2 is 1.75 bits per heavy atom. The number of aromatic nitrogens is 2. The summed E-state index contributed by atoms with van der Waals surface area (Å²) in [5.41, 5.74) is 4.83. The van der Waals surface area contributed by atoms with E-state index in [1.54, 1.807) is 19.0 Å². The van der Waals surface area contributed by atoms with Crippen molar-refractivity contribution in [2.75, 3.05) is 14.1 Å². The van der Waals surface area contributed by atoms with Crippen LogP contribution < -0.4 is 0 Å². The zero-order chi connectivity index (χ0) is 13.9. The average Bonchev–Trinajstić information content (AvgIpc) is 3.05. The summed E-state index contributed by atoms with van der Waals surface area (Å²) < 4.78 is 0. The summed E-state index contributed by atoms with van der Waals surface area (Å²) in [5, 5.41) is 0. The predicted molar refractivity (Wildman–Crippen MR) is 76.9 cm³/mol. The van der Waals surface area contributed by atoms with E-state index in [1.165, 1.54) is 30.7 Å². The Hall–Kier alpha value is -1.97. The van der Waals surface area contributed by atoms with Gasteiger partial charge in [0.25, 0.3) is 5.91 Å². The first kappa shape index (κ1) is 11.8. The van der Waals surface area contributed by atoms with Gasteiger partial charge in [-0.1, -0.05) is 0 Å². The van der Waals surface area contributed by atoms with Crippen molar-refractivity contribution in [1.29, 1.82) is 0 Å². The Kier molecular flexibility index (Phi) is 2.37. The van der Waals surface area contributed by atoms with Crippen molar-refractivity contribution in [3.63, 3.8) is 0 Å². The molecule has 2 aliphatic carbocycles. The molecule has 0 aliphatic heterocycles. The van der Waals surface area contributed by atoms with E-state index in [9.17, 15) is 4.79 Å². The van der Waals surface area contributed by atoms with E-state index in [4.69, 9.17) is 9.97 Å². The quantitative estimate of drug-likeness (QED) is 0.798. The molecule has 0 radical (unpaired) electrons. The van der Waals surface area contributed by atoms with Gasteiger partial charge < -0.3 is 4.90 Å². The summed E-state index contributed by atoms with van der Waals surface area (Å²) in [4.78, 5) is 23.2. The minimum atomic E-state index is 0.00993. The van der Waals surface area contributed by atoms with Crippen LogP contribution >= 0.6 is 0 Å². The van der Waals surface area contributed by atoms with Crippen molar-refractivity contribution in [3.05, 3.63) is 35.2 Å². The van der Waals surface area contributed by atoms with E-state index in [-0.39, 0.29) is 5.91 Å². The second-order valence-electron chi connectivity index (χ2n) is 6.10. The molecular formula is C16H17N3O. The topological polar surface area (TPSA) is 46.1 Å². The molecule has 2 bridgehead atoms. The van der Waals surface area contributed by atoms with Gasteiger partial charge in [-0.15, -0.1) is 0 Å². The number of benzene rings is 1. The highest BCUT2D eigenvalue weighted by Gasteiger charge is 2.39. The fourth-order valence-corrected chi connectivity index (χ4v) is 3.55. The van der Waals surface area contributed by atoms with Crippen LogP contribution in [0.3, 0.4) is 0 Å². The maximum atomic E-state index is 12.0. The molecule has 0 N–H and O–H groups in total. The number of nitrogens with zero attached hydrogens (tertiary/aromatic N) is 3. The fourth-order valence-electron chi connectivity index (χ4n) is 3.55. The van der Waals surface area contributed by atoms with E-state index >= 15 is 0 Å². The first-order valence-electron chi connectivity index (χ1n) is 7.16. The van der Waals surface area contributed by atoms with Gasteiger partial charge in [-0.05, 0) is 37.5 Å². The maximum absolute atomic E-state index is 12.0. The molecule has 1 amide bonds. The number of hydrogen-bond acceptors (Lipinski definition) is 3. The van der Waals surface area contributed by atoms with Gasteiger partial charge >= 0.3 is 0 Å². The Labute approximate surface area is 117 Å². The van der Waals surface area contributed by atoms with Crippen LogP contribution in [0.15, 0.2) is 18.2 Å². The molecule has 0 spiro atoms. The van der Waals surface area contributed by atoms with Crippen LogP contribution in [0.2, 0.25) is 0 Å². The van der Waals surface area contributed by atoms with Gasteiger partial charge in [0, 0.05) is 31.5 Å². The molecule has 1 fully saturated rings. The second kappa shape index (κ2) is 4.01. The van der Waals surface area contributed by atoms with Crippen LogP contribution in [-0.2, 0) is 0 Å². The van der Waals surface area contributed by atoms with Gasteiger partial charge in [0.15, 0.2) is 0 Å². The molecule has 4 nitrogen and oxygen atoms in total. The van der Waals surface area contributed by atoms with Gasteiger partial charge in [-0.2, -0.15) is 0 Å². The number of fused-ring (bicyclic) bond motifs is 6. The number of rotatable bonds is 1. The molecular weight excluding hydrogens is 250 g/mol. The summed E-state index contributed by atoms with van der Waals surface area (Å²) in [5.74, 6) is 1.23. The first-order chi connectivity index (χ1) is 9.63. The predicted octanol–water partition coefficient (Wildman–Crippen LogP) is 2.70. The third-order valence-electron chi connectivity index (χ3n) is 4.58. The van der Waals surface area contributed by atoms with Crippen molar-refractivity contribution in [2.24, 2.45) is 0 Å². The highest BCUT2D eigenvalue weighted by Crippen LogP contribution is 2.51. The SMILES string of the molecule is CN(C)C(=O)c1ccc2nc3c(nc2c1)C1CCC3C1. The molecule has 20 heavy (non-hydrogen) atoms. The summed E-state index contributed by atoms with van der Waals surface area (Å²) >= 11 is 0. The highest BCUT2D eigenvalue weighted by atomic mass is 16.2. The Bertz CT molecular complexity index is 723. The second-order valence-corrected chi connectivity index (χ2v) is 6.10.